The number of amides is 1. The van der Waals surface area contributed by atoms with Gasteiger partial charge in [0.05, 0.1) is 11.3 Å². The van der Waals surface area contributed by atoms with Crippen molar-refractivity contribution in [3.8, 4) is 17.3 Å². The van der Waals surface area contributed by atoms with E-state index in [4.69, 9.17) is 0 Å². The maximum Gasteiger partial charge on any atom is 0.274 e. The number of anilines is 1. The van der Waals surface area contributed by atoms with E-state index in [2.05, 4.69) is 21.6 Å². The Morgan fingerprint density at radius 2 is 2.04 bits per heavy atom. The first-order valence-electron chi connectivity index (χ1n) is 8.33. The van der Waals surface area contributed by atoms with Crippen molar-refractivity contribution in [2.75, 3.05) is 5.32 Å². The van der Waals surface area contributed by atoms with Crippen LogP contribution in [0.25, 0.3) is 11.3 Å². The minimum atomic E-state index is -0.346. The van der Waals surface area contributed by atoms with Crippen molar-refractivity contribution < 1.29 is 9.18 Å². The fourth-order valence-electron chi connectivity index (χ4n) is 3.15. The van der Waals surface area contributed by atoms with Gasteiger partial charge in [0.15, 0.2) is 0 Å². The van der Waals surface area contributed by atoms with Crippen LogP contribution in [-0.4, -0.2) is 16.1 Å². The second kappa shape index (κ2) is 6.73. The molecule has 3 aromatic rings. The van der Waals surface area contributed by atoms with Gasteiger partial charge in [-0.1, -0.05) is 0 Å². The number of nitriles is 1. The van der Waals surface area contributed by atoms with Gasteiger partial charge in [-0.15, -0.1) is 11.3 Å². The molecule has 0 fully saturated rings. The van der Waals surface area contributed by atoms with Gasteiger partial charge in [-0.3, -0.25) is 9.89 Å². The van der Waals surface area contributed by atoms with Crippen molar-refractivity contribution in [2.45, 2.75) is 25.7 Å². The average Bonchev–Trinajstić information content (AvgIpc) is 3.26. The standard InChI is InChI=1S/C19H15FN4OS/c20-12-7-5-11(6-8-12)15-9-16(24-23-15)18(25)22-19-14(10-21)13-3-1-2-4-17(13)26-19/h5-9H,1-4H2,(H,22,25)(H,23,24). The van der Waals surface area contributed by atoms with E-state index in [9.17, 15) is 14.4 Å². The lowest BCUT2D eigenvalue weighted by Crippen LogP contribution is -2.12. The van der Waals surface area contributed by atoms with E-state index in [1.807, 2.05) is 0 Å². The molecule has 2 heterocycles. The van der Waals surface area contributed by atoms with Crippen molar-refractivity contribution in [3.05, 3.63) is 57.8 Å². The zero-order valence-corrected chi connectivity index (χ0v) is 14.6. The lowest BCUT2D eigenvalue weighted by Gasteiger charge is -2.09. The summed E-state index contributed by atoms with van der Waals surface area (Å²) in [4.78, 5) is 13.7. The van der Waals surface area contributed by atoms with Crippen LogP contribution in [0.2, 0.25) is 0 Å². The zero-order chi connectivity index (χ0) is 18.1. The predicted molar refractivity (Wildman–Crippen MR) is 97.6 cm³/mol. The molecule has 2 aromatic heterocycles. The number of aryl methyl sites for hydroxylation is 1. The number of aromatic amines is 1. The summed E-state index contributed by atoms with van der Waals surface area (Å²) in [6.07, 6.45) is 4.05. The van der Waals surface area contributed by atoms with Crippen LogP contribution >= 0.6 is 11.3 Å². The minimum absolute atomic E-state index is 0.291. The topological polar surface area (TPSA) is 81.6 Å². The number of H-pyrrole nitrogens is 1. The Kier molecular flexibility index (Phi) is 4.27. The summed E-state index contributed by atoms with van der Waals surface area (Å²) in [5, 5.41) is 19.7. The second-order valence-corrected chi connectivity index (χ2v) is 7.26. The molecule has 2 N–H and O–H groups in total. The van der Waals surface area contributed by atoms with E-state index in [-0.39, 0.29) is 11.7 Å². The highest BCUT2D eigenvalue weighted by molar-refractivity contribution is 7.16. The molecule has 1 aromatic carbocycles. The normalized spacial score (nSPS) is 13.1. The van der Waals surface area contributed by atoms with Gasteiger partial charge in [-0.2, -0.15) is 10.4 Å². The molecule has 1 aliphatic rings. The SMILES string of the molecule is N#Cc1c(NC(=O)c2cc(-c3ccc(F)cc3)n[nH]2)sc2c1CCCC2. The highest BCUT2D eigenvalue weighted by atomic mass is 32.1. The summed E-state index contributed by atoms with van der Waals surface area (Å²) < 4.78 is 13.0. The summed E-state index contributed by atoms with van der Waals surface area (Å²) in [6.45, 7) is 0. The van der Waals surface area contributed by atoms with Crippen molar-refractivity contribution in [2.24, 2.45) is 0 Å². The van der Waals surface area contributed by atoms with Crippen molar-refractivity contribution in [1.82, 2.24) is 10.2 Å². The Bertz CT molecular complexity index is 1010. The van der Waals surface area contributed by atoms with E-state index in [1.54, 1.807) is 18.2 Å². The van der Waals surface area contributed by atoms with Gasteiger partial charge in [-0.05, 0) is 61.6 Å². The van der Waals surface area contributed by atoms with Crippen LogP contribution in [0.15, 0.2) is 30.3 Å². The molecule has 0 saturated carbocycles. The molecule has 130 valence electrons. The number of carbonyl (C=O) groups is 1. The Morgan fingerprint density at radius 3 is 2.81 bits per heavy atom. The van der Waals surface area contributed by atoms with Crippen LogP contribution < -0.4 is 5.32 Å². The zero-order valence-electron chi connectivity index (χ0n) is 13.8. The number of rotatable bonds is 3. The summed E-state index contributed by atoms with van der Waals surface area (Å²) in [7, 11) is 0. The lowest BCUT2D eigenvalue weighted by atomic mass is 9.96. The number of thiophene rings is 1. The van der Waals surface area contributed by atoms with E-state index in [1.165, 1.54) is 28.3 Å². The molecular formula is C19H15FN4OS. The van der Waals surface area contributed by atoms with Crippen molar-refractivity contribution in [1.29, 1.82) is 5.26 Å². The molecule has 5 nitrogen and oxygen atoms in total. The van der Waals surface area contributed by atoms with Crippen LogP contribution in [-0.2, 0) is 12.8 Å². The van der Waals surface area contributed by atoms with E-state index >= 15 is 0 Å². The predicted octanol–water partition coefficient (Wildman–Crippen LogP) is 4.28. The molecule has 0 unspecified atom stereocenters. The van der Waals surface area contributed by atoms with Gasteiger partial charge >= 0.3 is 0 Å². The summed E-state index contributed by atoms with van der Waals surface area (Å²) in [6, 6.07) is 9.75. The maximum absolute atomic E-state index is 13.0. The molecule has 7 heteroatoms. The molecule has 0 atom stereocenters. The minimum Gasteiger partial charge on any atom is -0.311 e. The van der Waals surface area contributed by atoms with Crippen LogP contribution in [0.4, 0.5) is 9.39 Å². The molecular weight excluding hydrogens is 351 g/mol. The third-order valence-electron chi connectivity index (χ3n) is 4.47. The number of carbonyl (C=O) groups excluding carboxylic acids is 1. The molecule has 1 aliphatic carbocycles. The van der Waals surface area contributed by atoms with Gasteiger partial charge in [0.1, 0.15) is 22.6 Å². The Morgan fingerprint density at radius 1 is 1.27 bits per heavy atom. The molecule has 0 aliphatic heterocycles. The fraction of sp³-hybridized carbons (Fsp3) is 0.211. The van der Waals surface area contributed by atoms with Gasteiger partial charge in [0, 0.05) is 10.4 Å². The Balaban J connectivity index is 1.57. The van der Waals surface area contributed by atoms with Crippen molar-refractivity contribution >= 4 is 22.2 Å². The summed E-state index contributed by atoms with van der Waals surface area (Å²) in [5.41, 5.74) is 3.22. The first-order chi connectivity index (χ1) is 12.7. The molecule has 0 spiro atoms. The van der Waals surface area contributed by atoms with Crippen LogP contribution in [0.3, 0.4) is 0 Å². The highest BCUT2D eigenvalue weighted by Crippen LogP contribution is 2.37. The second-order valence-electron chi connectivity index (χ2n) is 6.15. The number of aromatic nitrogens is 2. The highest BCUT2D eigenvalue weighted by Gasteiger charge is 2.22. The molecule has 0 saturated heterocycles. The van der Waals surface area contributed by atoms with Crippen LogP contribution in [0, 0.1) is 17.1 Å². The molecule has 4 rings (SSSR count). The van der Waals surface area contributed by atoms with Crippen LogP contribution in [0.1, 0.15) is 39.3 Å². The van der Waals surface area contributed by atoms with Crippen LogP contribution in [0.5, 0.6) is 0 Å². The lowest BCUT2D eigenvalue weighted by molar-refractivity contribution is 0.102. The van der Waals surface area contributed by atoms with Gasteiger partial charge in [0.2, 0.25) is 0 Å². The number of hydrogen-bond acceptors (Lipinski definition) is 4. The summed E-state index contributed by atoms with van der Waals surface area (Å²) >= 11 is 1.48. The average molecular weight is 366 g/mol. The number of fused-ring (bicyclic) bond motifs is 1. The summed E-state index contributed by atoms with van der Waals surface area (Å²) in [5.74, 6) is -0.672. The Hall–Kier alpha value is -2.98. The maximum atomic E-state index is 13.0. The number of hydrogen-bond donors (Lipinski definition) is 2. The monoisotopic (exact) mass is 366 g/mol. The third kappa shape index (κ3) is 3.00. The van der Waals surface area contributed by atoms with Gasteiger partial charge < -0.3 is 5.32 Å². The first kappa shape index (κ1) is 16.5. The first-order valence-corrected chi connectivity index (χ1v) is 9.14. The largest absolute Gasteiger partial charge is 0.311 e. The molecule has 0 radical (unpaired) electrons. The van der Waals surface area contributed by atoms with E-state index in [0.717, 1.165) is 31.2 Å². The molecule has 26 heavy (non-hydrogen) atoms. The molecule has 0 bridgehead atoms. The number of nitrogens with zero attached hydrogens (tertiary/aromatic N) is 2. The van der Waals surface area contributed by atoms with Gasteiger partial charge in [-0.25, -0.2) is 4.39 Å². The number of benzene rings is 1. The quantitative estimate of drug-likeness (QED) is 0.726. The Labute approximate surface area is 153 Å². The smallest absolute Gasteiger partial charge is 0.274 e. The number of halogens is 1. The fourth-order valence-corrected chi connectivity index (χ4v) is 4.38. The molecule has 1 amide bonds. The number of nitrogens with one attached hydrogen (secondary N) is 2. The van der Waals surface area contributed by atoms with Gasteiger partial charge in [0.25, 0.3) is 5.91 Å². The van der Waals surface area contributed by atoms with E-state index < -0.39 is 0 Å². The van der Waals surface area contributed by atoms with E-state index in [0.29, 0.717) is 27.5 Å². The third-order valence-corrected chi connectivity index (χ3v) is 5.68. The van der Waals surface area contributed by atoms with Crippen molar-refractivity contribution in [3.63, 3.8) is 0 Å².